The van der Waals surface area contributed by atoms with Gasteiger partial charge in [0.2, 0.25) is 6.29 Å². The Labute approximate surface area is 126 Å². The molecule has 5 unspecified atom stereocenters. The third kappa shape index (κ3) is 1.67. The molecule has 1 spiro atoms. The average Bonchev–Trinajstić information content (AvgIpc) is 2.93. The zero-order valence-electron chi connectivity index (χ0n) is 13.3. The number of ether oxygens (including phenoxy) is 2. The van der Waals surface area contributed by atoms with Gasteiger partial charge in [-0.2, -0.15) is 0 Å². The number of hydrogen-bond donors (Lipinski definition) is 0. The zero-order valence-corrected chi connectivity index (χ0v) is 13.3. The van der Waals surface area contributed by atoms with Crippen LogP contribution < -0.4 is 0 Å². The van der Waals surface area contributed by atoms with E-state index in [1.807, 2.05) is 19.9 Å². The van der Waals surface area contributed by atoms with Crippen LogP contribution >= 0.6 is 0 Å². The third-order valence-corrected chi connectivity index (χ3v) is 6.54. The minimum absolute atomic E-state index is 0.251. The fourth-order valence-electron chi connectivity index (χ4n) is 5.41. The third-order valence-electron chi connectivity index (χ3n) is 6.54. The highest BCUT2D eigenvalue weighted by Gasteiger charge is 2.78. The van der Waals surface area contributed by atoms with Crippen LogP contribution in [0.4, 0.5) is 0 Å². The maximum absolute atomic E-state index is 11.6. The van der Waals surface area contributed by atoms with Gasteiger partial charge < -0.3 is 9.47 Å². The van der Waals surface area contributed by atoms with Crippen molar-refractivity contribution in [3.63, 3.8) is 0 Å². The summed E-state index contributed by atoms with van der Waals surface area (Å²) in [5, 5.41) is 0. The fraction of sp³-hybridized carbons (Fsp3) is 0.722. The van der Waals surface area contributed by atoms with Crippen LogP contribution in [0.25, 0.3) is 0 Å². The normalized spacial score (nSPS) is 45.1. The summed E-state index contributed by atoms with van der Waals surface area (Å²) < 4.78 is 11.7. The first-order valence-corrected chi connectivity index (χ1v) is 8.07. The highest BCUT2D eigenvalue weighted by atomic mass is 16.7. The molecule has 21 heavy (non-hydrogen) atoms. The summed E-state index contributed by atoms with van der Waals surface area (Å²) in [7, 11) is 0. The van der Waals surface area contributed by atoms with Crippen molar-refractivity contribution in [1.82, 2.24) is 0 Å². The first-order chi connectivity index (χ1) is 9.84. The lowest BCUT2D eigenvalue weighted by molar-refractivity contribution is -0.175. The van der Waals surface area contributed by atoms with E-state index in [1.54, 1.807) is 6.08 Å². The van der Waals surface area contributed by atoms with Gasteiger partial charge in [0.25, 0.3) is 0 Å². The Bertz CT molecular complexity index is 567. The molecule has 5 atom stereocenters. The van der Waals surface area contributed by atoms with E-state index in [0.29, 0.717) is 10.8 Å². The molecule has 1 heterocycles. The predicted octanol–water partition coefficient (Wildman–Crippen LogP) is 3.60. The lowest BCUT2D eigenvalue weighted by Gasteiger charge is -2.31. The maximum Gasteiger partial charge on any atom is 0.333 e. The second-order valence-electron chi connectivity index (χ2n) is 8.09. The molecule has 4 rings (SSSR count). The number of cyclic esters (lactones) is 1. The van der Waals surface area contributed by atoms with Crippen molar-refractivity contribution < 1.29 is 14.3 Å². The van der Waals surface area contributed by atoms with E-state index < -0.39 is 6.29 Å². The van der Waals surface area contributed by atoms with Gasteiger partial charge in [-0.05, 0) is 50.4 Å². The van der Waals surface area contributed by atoms with Crippen molar-refractivity contribution in [2.75, 3.05) is 0 Å². The van der Waals surface area contributed by atoms with Crippen LogP contribution in [0, 0.1) is 22.7 Å². The van der Waals surface area contributed by atoms with Gasteiger partial charge in [0.15, 0.2) is 0 Å². The Hall–Kier alpha value is -1.09. The Kier molecular flexibility index (Phi) is 2.59. The summed E-state index contributed by atoms with van der Waals surface area (Å²) in [6.45, 7) is 8.86. The summed E-state index contributed by atoms with van der Waals surface area (Å²) in [6.07, 6.45) is 7.11. The van der Waals surface area contributed by atoms with Crippen LogP contribution in [0.3, 0.4) is 0 Å². The molecular weight excluding hydrogens is 264 g/mol. The van der Waals surface area contributed by atoms with Crippen molar-refractivity contribution in [3.05, 3.63) is 23.3 Å². The second-order valence-corrected chi connectivity index (χ2v) is 8.09. The smallest absolute Gasteiger partial charge is 0.333 e. The number of carbonyl (C=O) groups excluding carboxylic acids is 1. The number of allylic oxidation sites excluding steroid dienone is 1. The summed E-state index contributed by atoms with van der Waals surface area (Å²) in [5.41, 5.74) is 2.76. The minimum atomic E-state index is -0.497. The second kappa shape index (κ2) is 4.01. The van der Waals surface area contributed by atoms with Crippen LogP contribution in [0.15, 0.2) is 23.3 Å². The Morgan fingerprint density at radius 1 is 1.33 bits per heavy atom. The molecular formula is C18H24O3. The summed E-state index contributed by atoms with van der Waals surface area (Å²) >= 11 is 0. The Morgan fingerprint density at radius 3 is 2.71 bits per heavy atom. The maximum atomic E-state index is 11.6. The van der Waals surface area contributed by atoms with Crippen LogP contribution in [0.2, 0.25) is 0 Å². The summed E-state index contributed by atoms with van der Waals surface area (Å²) in [5.74, 6) is 1.33. The van der Waals surface area contributed by atoms with E-state index in [-0.39, 0.29) is 12.1 Å². The SMILES string of the molecule is CC(C)=CC1=CC(=O)OC1OC1CC2CC3CC31C2(C)C. The molecule has 2 bridgehead atoms. The van der Waals surface area contributed by atoms with Crippen LogP contribution in [0.5, 0.6) is 0 Å². The van der Waals surface area contributed by atoms with Gasteiger partial charge in [-0.25, -0.2) is 4.79 Å². The van der Waals surface area contributed by atoms with Crippen molar-refractivity contribution in [2.24, 2.45) is 22.7 Å². The quantitative estimate of drug-likeness (QED) is 0.744. The van der Waals surface area contributed by atoms with Crippen LogP contribution in [-0.4, -0.2) is 18.4 Å². The van der Waals surface area contributed by atoms with E-state index in [9.17, 15) is 4.79 Å². The Morgan fingerprint density at radius 2 is 2.10 bits per heavy atom. The largest absolute Gasteiger partial charge is 0.428 e. The van der Waals surface area contributed by atoms with Gasteiger partial charge in [0.05, 0.1) is 6.10 Å². The molecule has 0 N–H and O–H groups in total. The van der Waals surface area contributed by atoms with Gasteiger partial charge in [-0.1, -0.05) is 25.5 Å². The molecule has 0 aromatic heterocycles. The molecule has 1 aliphatic heterocycles. The fourth-order valence-corrected chi connectivity index (χ4v) is 5.41. The van der Waals surface area contributed by atoms with Crippen molar-refractivity contribution in [2.45, 2.75) is 59.4 Å². The number of hydrogen-bond acceptors (Lipinski definition) is 3. The van der Waals surface area contributed by atoms with Gasteiger partial charge in [-0.3, -0.25) is 0 Å². The number of rotatable bonds is 3. The van der Waals surface area contributed by atoms with Gasteiger partial charge in [0.1, 0.15) is 0 Å². The lowest BCUT2D eigenvalue weighted by atomic mass is 9.76. The molecule has 114 valence electrons. The average molecular weight is 288 g/mol. The monoisotopic (exact) mass is 288 g/mol. The van der Waals surface area contributed by atoms with Crippen LogP contribution in [0.1, 0.15) is 47.0 Å². The lowest BCUT2D eigenvalue weighted by Crippen LogP contribution is -2.33. The topological polar surface area (TPSA) is 35.5 Å². The molecule has 0 saturated heterocycles. The molecule has 0 amide bonds. The van der Waals surface area contributed by atoms with E-state index in [4.69, 9.17) is 9.47 Å². The molecule has 3 aliphatic carbocycles. The number of carbonyl (C=O) groups is 1. The van der Waals surface area contributed by atoms with Crippen molar-refractivity contribution in [3.8, 4) is 0 Å². The molecule has 3 saturated carbocycles. The van der Waals surface area contributed by atoms with E-state index >= 15 is 0 Å². The standard InChI is InChI=1S/C18H24O3/c1-10(2)5-11-6-15(19)21-16(11)20-14-8-12-7-13-9-18(13,14)17(12,3)4/h5-6,12-14,16H,7-9H2,1-4H3. The molecule has 0 aromatic rings. The van der Waals surface area contributed by atoms with E-state index in [1.165, 1.54) is 12.8 Å². The van der Waals surface area contributed by atoms with Crippen molar-refractivity contribution in [1.29, 1.82) is 0 Å². The van der Waals surface area contributed by atoms with E-state index in [2.05, 4.69) is 13.8 Å². The van der Waals surface area contributed by atoms with Crippen molar-refractivity contribution >= 4 is 5.97 Å². The van der Waals surface area contributed by atoms with Gasteiger partial charge in [-0.15, -0.1) is 0 Å². The summed E-state index contributed by atoms with van der Waals surface area (Å²) in [4.78, 5) is 11.6. The number of fused-ring (bicyclic) bond motifs is 1. The minimum Gasteiger partial charge on any atom is -0.428 e. The predicted molar refractivity (Wildman–Crippen MR) is 79.3 cm³/mol. The molecule has 3 nitrogen and oxygen atoms in total. The Balaban J connectivity index is 1.55. The molecule has 0 radical (unpaired) electrons. The number of esters is 1. The highest BCUT2D eigenvalue weighted by Crippen LogP contribution is 2.81. The van der Waals surface area contributed by atoms with Gasteiger partial charge >= 0.3 is 5.97 Å². The molecule has 0 aromatic carbocycles. The zero-order chi connectivity index (χ0) is 15.0. The molecule has 4 aliphatic rings. The van der Waals surface area contributed by atoms with Crippen LogP contribution in [-0.2, 0) is 14.3 Å². The molecule has 3 fully saturated rings. The first-order valence-electron chi connectivity index (χ1n) is 8.07. The van der Waals surface area contributed by atoms with Gasteiger partial charge in [0, 0.05) is 17.1 Å². The summed E-state index contributed by atoms with van der Waals surface area (Å²) in [6, 6.07) is 0. The first kappa shape index (κ1) is 13.6. The highest BCUT2D eigenvalue weighted by molar-refractivity contribution is 5.86. The molecule has 3 heteroatoms. The van der Waals surface area contributed by atoms with E-state index in [0.717, 1.165) is 29.4 Å².